The third-order valence-electron chi connectivity index (χ3n) is 5.89. The molecule has 0 aliphatic carbocycles. The molecule has 1 aromatic heterocycles. The van der Waals surface area contributed by atoms with E-state index in [2.05, 4.69) is 15.6 Å². The van der Waals surface area contributed by atoms with Crippen LogP contribution in [0.1, 0.15) is 33.1 Å². The molecule has 174 valence electrons. The Bertz CT molecular complexity index is 1400. The molecule has 4 N–H and O–H groups in total. The first-order valence-electron chi connectivity index (χ1n) is 11.4. The number of anilines is 1. The highest BCUT2D eigenvalue weighted by molar-refractivity contribution is 7.12. The maximum atomic E-state index is 13.0. The van der Waals surface area contributed by atoms with Crippen molar-refractivity contribution in [2.24, 2.45) is 10.7 Å². The van der Waals surface area contributed by atoms with Crippen LogP contribution < -0.4 is 16.4 Å². The number of nitrogens with zero attached hydrogens (tertiary/aromatic N) is 1. The second-order valence-corrected chi connectivity index (χ2v) is 9.15. The number of thiophene rings is 1. The maximum Gasteiger partial charge on any atom is 0.266 e. The third kappa shape index (κ3) is 4.91. The van der Waals surface area contributed by atoms with E-state index in [1.165, 1.54) is 11.3 Å². The van der Waals surface area contributed by atoms with Crippen LogP contribution in [0.2, 0.25) is 0 Å². The van der Waals surface area contributed by atoms with Gasteiger partial charge in [-0.2, -0.15) is 0 Å². The number of carbonyl (C=O) groups is 2. The van der Waals surface area contributed by atoms with Gasteiger partial charge in [0.1, 0.15) is 5.84 Å². The van der Waals surface area contributed by atoms with Crippen molar-refractivity contribution >= 4 is 40.4 Å². The minimum absolute atomic E-state index is 0.115. The first-order valence-corrected chi connectivity index (χ1v) is 12.2. The number of fused-ring (bicyclic) bond motifs is 1. The molecule has 0 spiro atoms. The topological polar surface area (TPSA) is 96.6 Å². The van der Waals surface area contributed by atoms with Gasteiger partial charge >= 0.3 is 0 Å². The van der Waals surface area contributed by atoms with Crippen LogP contribution in [-0.2, 0) is 4.79 Å². The first-order chi connectivity index (χ1) is 17.1. The lowest BCUT2D eigenvalue weighted by molar-refractivity contribution is -0.117. The number of nitrogens with two attached hydrogens (primary N) is 1. The van der Waals surface area contributed by atoms with Gasteiger partial charge in [-0.1, -0.05) is 60.7 Å². The van der Waals surface area contributed by atoms with Crippen LogP contribution in [0.4, 0.5) is 11.4 Å². The Morgan fingerprint density at radius 1 is 0.886 bits per heavy atom. The minimum Gasteiger partial charge on any atom is -0.330 e. The van der Waals surface area contributed by atoms with Crippen LogP contribution in [0.3, 0.4) is 0 Å². The Morgan fingerprint density at radius 3 is 2.37 bits per heavy atom. The Morgan fingerprint density at radius 2 is 1.63 bits per heavy atom. The molecule has 2 amide bonds. The largest absolute Gasteiger partial charge is 0.330 e. The van der Waals surface area contributed by atoms with Gasteiger partial charge in [0.05, 0.1) is 16.5 Å². The fraction of sp³-hybridized carbons (Fsp3) is 0.107. The highest BCUT2D eigenvalue weighted by atomic mass is 32.1. The van der Waals surface area contributed by atoms with Gasteiger partial charge in [0.15, 0.2) is 0 Å². The number of benzene rings is 3. The highest BCUT2D eigenvalue weighted by Gasteiger charge is 2.24. The Kier molecular flexibility index (Phi) is 6.52. The van der Waals surface area contributed by atoms with Crippen molar-refractivity contribution in [2.45, 2.75) is 12.3 Å². The number of amides is 2. The smallest absolute Gasteiger partial charge is 0.266 e. The van der Waals surface area contributed by atoms with Crippen LogP contribution in [0.15, 0.2) is 95.3 Å². The standard InChI is InChI=1S/C28H24N4O2S/c29-14-13-22(19-9-5-2-6-10-19)27(33)30-21-11-12-24-23(16-21)26(31-24)32-28(34)25-15-20(17-35-25)18-7-3-1-4-8-18/h1-12,15-17,22H,13-14,29H2,(H,30,33)(H,31,32,34). The van der Waals surface area contributed by atoms with Crippen molar-refractivity contribution in [3.63, 3.8) is 0 Å². The van der Waals surface area contributed by atoms with Crippen LogP contribution >= 0.6 is 11.3 Å². The zero-order valence-electron chi connectivity index (χ0n) is 18.9. The van der Waals surface area contributed by atoms with Crippen LogP contribution in [0.25, 0.3) is 11.1 Å². The molecule has 4 aromatic rings. The lowest BCUT2D eigenvalue weighted by Crippen LogP contribution is -2.34. The van der Waals surface area contributed by atoms with E-state index in [1.807, 2.05) is 90.3 Å². The van der Waals surface area contributed by atoms with E-state index in [0.29, 0.717) is 29.4 Å². The summed E-state index contributed by atoms with van der Waals surface area (Å²) < 4.78 is 0. The quantitative estimate of drug-likeness (QED) is 0.334. The van der Waals surface area contributed by atoms with E-state index in [1.54, 1.807) is 0 Å². The van der Waals surface area contributed by atoms with Crippen molar-refractivity contribution in [1.29, 1.82) is 0 Å². The minimum atomic E-state index is -0.335. The van der Waals surface area contributed by atoms with E-state index in [4.69, 9.17) is 5.73 Å². The van der Waals surface area contributed by atoms with Crippen molar-refractivity contribution in [2.75, 3.05) is 11.9 Å². The number of carbonyl (C=O) groups excluding carboxylic acids is 2. The van der Waals surface area contributed by atoms with Crippen LogP contribution in [0, 0.1) is 0 Å². The molecule has 1 aliphatic rings. The molecule has 7 heteroatoms. The molecule has 3 aromatic carbocycles. The van der Waals surface area contributed by atoms with Gasteiger partial charge in [-0.3, -0.25) is 9.59 Å². The summed E-state index contributed by atoms with van der Waals surface area (Å²) in [5, 5.41) is 7.86. The van der Waals surface area contributed by atoms with Gasteiger partial charge in [-0.05, 0) is 59.3 Å². The number of hydrogen-bond donors (Lipinski definition) is 3. The molecule has 0 saturated carbocycles. The molecule has 1 aliphatic heterocycles. The van der Waals surface area contributed by atoms with Gasteiger partial charge in [0, 0.05) is 11.3 Å². The van der Waals surface area contributed by atoms with E-state index in [9.17, 15) is 9.59 Å². The van der Waals surface area contributed by atoms with Crippen LogP contribution in [-0.4, -0.2) is 24.2 Å². The zero-order valence-corrected chi connectivity index (χ0v) is 19.7. The summed E-state index contributed by atoms with van der Waals surface area (Å²) >= 11 is 1.39. The van der Waals surface area contributed by atoms with Gasteiger partial charge in [-0.25, -0.2) is 4.99 Å². The monoisotopic (exact) mass is 480 g/mol. The number of rotatable bonds is 7. The summed E-state index contributed by atoms with van der Waals surface area (Å²) in [7, 11) is 0. The van der Waals surface area contributed by atoms with E-state index >= 15 is 0 Å². The number of aliphatic imine (C=N–C) groups is 1. The van der Waals surface area contributed by atoms with E-state index in [-0.39, 0.29) is 17.7 Å². The maximum absolute atomic E-state index is 13.0. The van der Waals surface area contributed by atoms with Gasteiger partial charge in [-0.15, -0.1) is 11.3 Å². The third-order valence-corrected chi connectivity index (χ3v) is 6.82. The fourth-order valence-electron chi connectivity index (χ4n) is 4.06. The molecule has 0 saturated heterocycles. The molecule has 5 rings (SSSR count). The van der Waals surface area contributed by atoms with E-state index < -0.39 is 0 Å². The molecule has 1 atom stereocenters. The molecule has 0 radical (unpaired) electrons. The molecule has 1 unspecified atom stereocenters. The number of hydrogen-bond acceptors (Lipinski definition) is 5. The Balaban J connectivity index is 1.26. The average molecular weight is 481 g/mol. The number of nitrogens with one attached hydrogen (secondary N) is 2. The zero-order chi connectivity index (χ0) is 24.2. The van der Waals surface area contributed by atoms with Crippen molar-refractivity contribution in [3.8, 4) is 11.1 Å². The van der Waals surface area contributed by atoms with Gasteiger partial charge in [0.2, 0.25) is 5.91 Å². The highest BCUT2D eigenvalue weighted by Crippen LogP contribution is 2.32. The predicted octanol–water partition coefficient (Wildman–Crippen LogP) is 5.31. The second-order valence-electron chi connectivity index (χ2n) is 8.24. The van der Waals surface area contributed by atoms with Crippen molar-refractivity contribution < 1.29 is 9.59 Å². The predicted molar refractivity (Wildman–Crippen MR) is 141 cm³/mol. The SMILES string of the molecule is NCCC(C(=O)Nc1ccc2c(c1)C(NC(=O)c1cc(-c3ccccc3)cs1)=N2)c1ccccc1. The summed E-state index contributed by atoms with van der Waals surface area (Å²) in [6.07, 6.45) is 0.551. The van der Waals surface area contributed by atoms with E-state index in [0.717, 1.165) is 27.9 Å². The normalized spacial score (nSPS) is 12.7. The fourth-order valence-corrected chi connectivity index (χ4v) is 4.87. The van der Waals surface area contributed by atoms with Crippen molar-refractivity contribution in [1.82, 2.24) is 5.32 Å². The molecule has 35 heavy (non-hydrogen) atoms. The lowest BCUT2D eigenvalue weighted by Gasteiger charge is -2.21. The van der Waals surface area contributed by atoms with Gasteiger partial charge in [0.25, 0.3) is 5.91 Å². The summed E-state index contributed by atoms with van der Waals surface area (Å²) in [5.41, 5.74) is 11.0. The first kappa shape index (κ1) is 22.7. The Labute approximate surface area is 207 Å². The van der Waals surface area contributed by atoms with Crippen LogP contribution in [0.5, 0.6) is 0 Å². The van der Waals surface area contributed by atoms with Gasteiger partial charge < -0.3 is 16.4 Å². The molecular weight excluding hydrogens is 456 g/mol. The summed E-state index contributed by atoms with van der Waals surface area (Å²) in [4.78, 5) is 30.9. The summed E-state index contributed by atoms with van der Waals surface area (Å²) in [6, 6.07) is 26.9. The Hall–Kier alpha value is -4.07. The molecular formula is C28H24N4O2S. The number of amidine groups is 1. The molecule has 0 bridgehead atoms. The average Bonchev–Trinajstić information content (AvgIpc) is 3.38. The molecule has 2 heterocycles. The summed E-state index contributed by atoms with van der Waals surface area (Å²) in [6.45, 7) is 0.411. The van der Waals surface area contributed by atoms with Crippen molar-refractivity contribution in [3.05, 3.63) is 106 Å². The second kappa shape index (κ2) is 10.0. The molecule has 0 fully saturated rings. The molecule has 6 nitrogen and oxygen atoms in total. The summed E-state index contributed by atoms with van der Waals surface area (Å²) in [5.74, 6) is -0.159. The lowest BCUT2D eigenvalue weighted by atomic mass is 9.94.